The summed E-state index contributed by atoms with van der Waals surface area (Å²) in [6.07, 6.45) is 0.463. The summed E-state index contributed by atoms with van der Waals surface area (Å²) in [6.45, 7) is 3.53. The van der Waals surface area contributed by atoms with Crippen LogP contribution in [0.1, 0.15) is 24.7 Å². The summed E-state index contributed by atoms with van der Waals surface area (Å²) in [5.74, 6) is -1.83. The second kappa shape index (κ2) is 8.24. The molecule has 2 amide bonds. The quantitative estimate of drug-likeness (QED) is 0.769. The maximum absolute atomic E-state index is 13.6. The number of nitrogens with one attached hydrogen (secondary N) is 1. The molecule has 1 saturated heterocycles. The van der Waals surface area contributed by atoms with E-state index in [-0.39, 0.29) is 31.1 Å². The average molecular weight is 388 g/mol. The fourth-order valence-corrected chi connectivity index (χ4v) is 2.91. The van der Waals surface area contributed by atoms with Crippen LogP contribution in [0, 0.1) is 18.7 Å². The largest absolute Gasteiger partial charge is 0.467 e. The lowest BCUT2D eigenvalue weighted by Crippen LogP contribution is -2.33. The van der Waals surface area contributed by atoms with Crippen molar-refractivity contribution < 1.29 is 27.9 Å². The number of nitrogens with zero attached hydrogens (tertiary/aromatic N) is 1. The van der Waals surface area contributed by atoms with Crippen molar-refractivity contribution in [2.24, 2.45) is 5.92 Å². The monoisotopic (exact) mass is 388 g/mol. The zero-order chi connectivity index (χ0) is 20.3. The molecule has 1 N–H and O–H groups in total. The maximum atomic E-state index is 13.6. The normalized spacial score (nSPS) is 17.5. The Balaban J connectivity index is 1.52. The van der Waals surface area contributed by atoms with Gasteiger partial charge in [-0.05, 0) is 43.7 Å². The number of amides is 2. The van der Waals surface area contributed by atoms with E-state index in [0.717, 1.165) is 0 Å². The highest BCUT2D eigenvalue weighted by Crippen LogP contribution is 2.22. The van der Waals surface area contributed by atoms with Crippen LogP contribution in [0.4, 0.5) is 10.1 Å². The standard InChI is InChI=1S/C20H21FN2O5/c1-12-5-6-15(9-17(12)21)22-19(25)13(2)28-20(26)14-8-18(24)23(10-14)11-16-4-3-7-27-16/h3-7,9,13-14H,8,10-11H2,1-2H3,(H,22,25)/t13-,14+/m1/s1. The second-order valence-corrected chi connectivity index (χ2v) is 6.79. The number of carbonyl (C=O) groups excluding carboxylic acids is 3. The van der Waals surface area contributed by atoms with Crippen LogP contribution in [0.3, 0.4) is 0 Å². The minimum atomic E-state index is -1.08. The van der Waals surface area contributed by atoms with Gasteiger partial charge in [-0.1, -0.05) is 6.07 Å². The molecular weight excluding hydrogens is 367 g/mol. The second-order valence-electron chi connectivity index (χ2n) is 6.79. The molecule has 28 heavy (non-hydrogen) atoms. The molecule has 0 unspecified atom stereocenters. The van der Waals surface area contributed by atoms with E-state index in [4.69, 9.17) is 9.15 Å². The first-order valence-electron chi connectivity index (χ1n) is 8.91. The molecule has 0 bridgehead atoms. The van der Waals surface area contributed by atoms with Gasteiger partial charge in [-0.2, -0.15) is 0 Å². The summed E-state index contributed by atoms with van der Waals surface area (Å²) in [6, 6.07) is 7.78. The van der Waals surface area contributed by atoms with E-state index in [2.05, 4.69) is 5.32 Å². The zero-order valence-electron chi connectivity index (χ0n) is 15.6. The van der Waals surface area contributed by atoms with Crippen LogP contribution in [0.15, 0.2) is 41.0 Å². The van der Waals surface area contributed by atoms with Crippen LogP contribution in [0.5, 0.6) is 0 Å². The van der Waals surface area contributed by atoms with E-state index in [1.807, 2.05) is 0 Å². The lowest BCUT2D eigenvalue weighted by Gasteiger charge is -2.17. The fraction of sp³-hybridized carbons (Fsp3) is 0.350. The number of anilines is 1. The number of hydrogen-bond acceptors (Lipinski definition) is 5. The number of hydrogen-bond donors (Lipinski definition) is 1. The highest BCUT2D eigenvalue weighted by molar-refractivity contribution is 5.95. The van der Waals surface area contributed by atoms with Crippen molar-refractivity contribution in [1.82, 2.24) is 4.90 Å². The van der Waals surface area contributed by atoms with Crippen LogP contribution < -0.4 is 5.32 Å². The van der Waals surface area contributed by atoms with Gasteiger partial charge in [-0.25, -0.2) is 4.39 Å². The predicted molar refractivity (Wildman–Crippen MR) is 97.6 cm³/mol. The van der Waals surface area contributed by atoms with Gasteiger partial charge in [0.1, 0.15) is 11.6 Å². The van der Waals surface area contributed by atoms with Crippen molar-refractivity contribution in [3.63, 3.8) is 0 Å². The molecule has 1 aromatic heterocycles. The summed E-state index contributed by atoms with van der Waals surface area (Å²) in [4.78, 5) is 38.2. The molecular formula is C20H21FN2O5. The Hall–Kier alpha value is -3.16. The third-order valence-electron chi connectivity index (χ3n) is 4.58. The summed E-state index contributed by atoms with van der Waals surface area (Å²) >= 11 is 0. The van der Waals surface area contributed by atoms with Gasteiger partial charge in [0.15, 0.2) is 6.10 Å². The van der Waals surface area contributed by atoms with Crippen LogP contribution in [-0.4, -0.2) is 35.3 Å². The summed E-state index contributed by atoms with van der Waals surface area (Å²) in [5, 5.41) is 2.51. The highest BCUT2D eigenvalue weighted by atomic mass is 19.1. The number of likely N-dealkylation sites (tertiary alicyclic amines) is 1. The van der Waals surface area contributed by atoms with Crippen LogP contribution in [0.2, 0.25) is 0 Å². The van der Waals surface area contributed by atoms with Gasteiger partial charge in [0.2, 0.25) is 5.91 Å². The molecule has 2 aromatic rings. The smallest absolute Gasteiger partial charge is 0.312 e. The Bertz CT molecular complexity index is 881. The van der Waals surface area contributed by atoms with E-state index in [0.29, 0.717) is 11.3 Å². The topological polar surface area (TPSA) is 88.8 Å². The highest BCUT2D eigenvalue weighted by Gasteiger charge is 2.36. The number of rotatable bonds is 6. The summed E-state index contributed by atoms with van der Waals surface area (Å²) in [7, 11) is 0. The Labute approximate surface area is 161 Å². The summed E-state index contributed by atoms with van der Waals surface area (Å²) in [5.41, 5.74) is 0.735. The number of esters is 1. The van der Waals surface area contributed by atoms with Gasteiger partial charge in [0.25, 0.3) is 5.91 Å². The molecule has 2 atom stereocenters. The van der Waals surface area contributed by atoms with Crippen LogP contribution in [-0.2, 0) is 25.7 Å². The molecule has 0 saturated carbocycles. The Morgan fingerprint density at radius 3 is 2.86 bits per heavy atom. The maximum Gasteiger partial charge on any atom is 0.312 e. The van der Waals surface area contributed by atoms with Crippen LogP contribution in [0.25, 0.3) is 0 Å². The first-order chi connectivity index (χ1) is 13.3. The van der Waals surface area contributed by atoms with E-state index in [1.165, 1.54) is 24.2 Å². The SMILES string of the molecule is Cc1ccc(NC(=O)[C@@H](C)OC(=O)[C@H]2CC(=O)N(Cc3ccco3)C2)cc1F. The Morgan fingerprint density at radius 1 is 1.39 bits per heavy atom. The number of furan rings is 1. The van der Waals surface area contributed by atoms with Crippen molar-refractivity contribution in [2.45, 2.75) is 32.9 Å². The van der Waals surface area contributed by atoms with Gasteiger partial charge in [0, 0.05) is 18.7 Å². The zero-order valence-corrected chi connectivity index (χ0v) is 15.6. The molecule has 148 valence electrons. The van der Waals surface area contributed by atoms with Crippen molar-refractivity contribution >= 4 is 23.5 Å². The molecule has 7 nitrogen and oxygen atoms in total. The van der Waals surface area contributed by atoms with Gasteiger partial charge in [0.05, 0.1) is 18.7 Å². The number of halogens is 1. The Morgan fingerprint density at radius 2 is 2.18 bits per heavy atom. The molecule has 2 heterocycles. The predicted octanol–water partition coefficient (Wildman–Crippen LogP) is 2.65. The van der Waals surface area contributed by atoms with E-state index >= 15 is 0 Å². The molecule has 1 aromatic carbocycles. The number of benzene rings is 1. The van der Waals surface area contributed by atoms with E-state index < -0.39 is 29.7 Å². The van der Waals surface area contributed by atoms with Gasteiger partial charge < -0.3 is 19.4 Å². The van der Waals surface area contributed by atoms with E-state index in [1.54, 1.807) is 31.2 Å². The first kappa shape index (κ1) is 19.6. The average Bonchev–Trinajstić information content (AvgIpc) is 3.28. The fourth-order valence-electron chi connectivity index (χ4n) is 2.91. The molecule has 0 spiro atoms. The van der Waals surface area contributed by atoms with Gasteiger partial charge in [-0.15, -0.1) is 0 Å². The Kier molecular flexibility index (Phi) is 5.77. The van der Waals surface area contributed by atoms with Gasteiger partial charge >= 0.3 is 5.97 Å². The van der Waals surface area contributed by atoms with E-state index in [9.17, 15) is 18.8 Å². The number of aryl methyl sites for hydroxylation is 1. The molecule has 8 heteroatoms. The number of ether oxygens (including phenoxy) is 1. The lowest BCUT2D eigenvalue weighted by molar-refractivity contribution is -0.157. The molecule has 0 aliphatic carbocycles. The van der Waals surface area contributed by atoms with Crippen molar-refractivity contribution in [1.29, 1.82) is 0 Å². The summed E-state index contributed by atoms with van der Waals surface area (Å²) < 4.78 is 24.0. The van der Waals surface area contributed by atoms with Gasteiger partial charge in [-0.3, -0.25) is 14.4 Å². The molecule has 1 fully saturated rings. The van der Waals surface area contributed by atoms with Crippen molar-refractivity contribution in [2.75, 3.05) is 11.9 Å². The first-order valence-corrected chi connectivity index (χ1v) is 8.91. The third kappa shape index (κ3) is 4.57. The molecule has 1 aliphatic heterocycles. The number of carbonyl (C=O) groups is 3. The molecule has 1 aliphatic rings. The lowest BCUT2D eigenvalue weighted by atomic mass is 10.1. The molecule has 0 radical (unpaired) electrons. The minimum absolute atomic E-state index is 0.0249. The van der Waals surface area contributed by atoms with Crippen molar-refractivity contribution in [3.05, 3.63) is 53.7 Å². The molecule has 3 rings (SSSR count). The minimum Gasteiger partial charge on any atom is -0.467 e. The van der Waals surface area contributed by atoms with Crippen LogP contribution >= 0.6 is 0 Å². The third-order valence-corrected chi connectivity index (χ3v) is 4.58. The van der Waals surface area contributed by atoms with Crippen molar-refractivity contribution in [3.8, 4) is 0 Å².